The molecule has 0 aliphatic heterocycles. The van der Waals surface area contributed by atoms with Crippen molar-refractivity contribution >= 4 is 0 Å². The fourth-order valence-electron chi connectivity index (χ4n) is 1.91. The fourth-order valence-corrected chi connectivity index (χ4v) is 1.91. The summed E-state index contributed by atoms with van der Waals surface area (Å²) in [7, 11) is 0. The highest BCUT2D eigenvalue weighted by Gasteiger charge is 2.16. The highest BCUT2D eigenvalue weighted by atomic mass is 14.9. The highest BCUT2D eigenvalue weighted by Crippen LogP contribution is 2.23. The van der Waals surface area contributed by atoms with Gasteiger partial charge in [0.1, 0.15) is 0 Å². The van der Waals surface area contributed by atoms with Crippen LogP contribution >= 0.6 is 0 Å². The summed E-state index contributed by atoms with van der Waals surface area (Å²) in [6.07, 6.45) is 5.67. The lowest BCUT2D eigenvalue weighted by atomic mass is 9.87. The average molecular weight is 141 g/mol. The standard InChI is InChI=1S/C9H19N/c1-3-10-9-6-4-5-8(2)7-9/h8-10H,3-7H2,1-2H3/t8-,9+/m1/s1. The van der Waals surface area contributed by atoms with Crippen molar-refractivity contribution in [3.8, 4) is 0 Å². The van der Waals surface area contributed by atoms with Crippen molar-refractivity contribution in [2.24, 2.45) is 5.92 Å². The summed E-state index contributed by atoms with van der Waals surface area (Å²) < 4.78 is 0. The van der Waals surface area contributed by atoms with Gasteiger partial charge < -0.3 is 5.32 Å². The van der Waals surface area contributed by atoms with E-state index in [1.165, 1.54) is 25.7 Å². The van der Waals surface area contributed by atoms with Crippen molar-refractivity contribution < 1.29 is 0 Å². The molecular formula is C9H19N. The molecule has 1 heteroatoms. The van der Waals surface area contributed by atoms with E-state index in [0.29, 0.717) is 0 Å². The molecule has 1 fully saturated rings. The maximum atomic E-state index is 3.51. The SMILES string of the molecule is CCN[C@H]1CCC[C@@H](C)C1. The van der Waals surface area contributed by atoms with Crippen LogP contribution in [-0.4, -0.2) is 12.6 Å². The van der Waals surface area contributed by atoms with Gasteiger partial charge in [-0.15, -0.1) is 0 Å². The van der Waals surface area contributed by atoms with Crippen LogP contribution in [0.25, 0.3) is 0 Å². The smallest absolute Gasteiger partial charge is 0.00694 e. The van der Waals surface area contributed by atoms with Crippen LogP contribution < -0.4 is 5.32 Å². The van der Waals surface area contributed by atoms with E-state index >= 15 is 0 Å². The first-order valence-electron chi connectivity index (χ1n) is 4.56. The van der Waals surface area contributed by atoms with Crippen LogP contribution in [-0.2, 0) is 0 Å². The van der Waals surface area contributed by atoms with Gasteiger partial charge in [-0.05, 0) is 25.3 Å². The fraction of sp³-hybridized carbons (Fsp3) is 1.00. The normalized spacial score (nSPS) is 34.2. The summed E-state index contributed by atoms with van der Waals surface area (Å²) in [5.41, 5.74) is 0. The molecule has 1 aliphatic rings. The molecule has 0 unspecified atom stereocenters. The van der Waals surface area contributed by atoms with Gasteiger partial charge in [0.15, 0.2) is 0 Å². The second-order valence-electron chi connectivity index (χ2n) is 3.53. The molecule has 0 aromatic heterocycles. The monoisotopic (exact) mass is 141 g/mol. The van der Waals surface area contributed by atoms with Crippen molar-refractivity contribution in [1.82, 2.24) is 5.32 Å². The summed E-state index contributed by atoms with van der Waals surface area (Å²) in [4.78, 5) is 0. The van der Waals surface area contributed by atoms with Crippen molar-refractivity contribution in [1.29, 1.82) is 0 Å². The number of hydrogen-bond acceptors (Lipinski definition) is 1. The quantitative estimate of drug-likeness (QED) is 0.621. The third kappa shape index (κ3) is 2.30. The maximum Gasteiger partial charge on any atom is 0.00694 e. The van der Waals surface area contributed by atoms with Crippen LogP contribution in [0.1, 0.15) is 39.5 Å². The second kappa shape index (κ2) is 3.97. The highest BCUT2D eigenvalue weighted by molar-refractivity contribution is 4.74. The predicted molar refractivity (Wildman–Crippen MR) is 45.1 cm³/mol. The Morgan fingerprint density at radius 1 is 1.40 bits per heavy atom. The van der Waals surface area contributed by atoms with E-state index in [-0.39, 0.29) is 0 Å². The van der Waals surface area contributed by atoms with Crippen molar-refractivity contribution in [3.63, 3.8) is 0 Å². The summed E-state index contributed by atoms with van der Waals surface area (Å²) in [5, 5.41) is 3.51. The number of hydrogen-bond donors (Lipinski definition) is 1. The Labute approximate surface area is 64.2 Å². The molecule has 0 saturated heterocycles. The van der Waals surface area contributed by atoms with Crippen molar-refractivity contribution in [2.75, 3.05) is 6.54 Å². The molecule has 0 spiro atoms. The van der Waals surface area contributed by atoms with E-state index in [4.69, 9.17) is 0 Å². The molecule has 0 bridgehead atoms. The van der Waals surface area contributed by atoms with E-state index in [9.17, 15) is 0 Å². The Balaban J connectivity index is 2.18. The van der Waals surface area contributed by atoms with Crippen molar-refractivity contribution in [3.05, 3.63) is 0 Å². The molecule has 1 nitrogen and oxygen atoms in total. The Kier molecular flexibility index (Phi) is 3.20. The van der Waals surface area contributed by atoms with Gasteiger partial charge >= 0.3 is 0 Å². The van der Waals surface area contributed by atoms with E-state index in [0.717, 1.165) is 18.5 Å². The minimum absolute atomic E-state index is 0.828. The molecule has 2 atom stereocenters. The summed E-state index contributed by atoms with van der Waals surface area (Å²) in [6.45, 7) is 5.69. The first-order valence-corrected chi connectivity index (χ1v) is 4.56. The molecule has 1 rings (SSSR count). The lowest BCUT2D eigenvalue weighted by Crippen LogP contribution is -2.33. The molecular weight excluding hydrogens is 122 g/mol. The van der Waals surface area contributed by atoms with Crippen molar-refractivity contribution in [2.45, 2.75) is 45.6 Å². The van der Waals surface area contributed by atoms with Crippen LogP contribution in [0.2, 0.25) is 0 Å². The molecule has 0 heterocycles. The van der Waals surface area contributed by atoms with E-state index < -0.39 is 0 Å². The Morgan fingerprint density at radius 2 is 2.20 bits per heavy atom. The van der Waals surface area contributed by atoms with Crippen LogP contribution in [0.5, 0.6) is 0 Å². The molecule has 0 amide bonds. The molecule has 0 radical (unpaired) electrons. The van der Waals surface area contributed by atoms with E-state index in [1.54, 1.807) is 0 Å². The zero-order valence-corrected chi connectivity index (χ0v) is 7.19. The molecule has 1 saturated carbocycles. The number of rotatable bonds is 2. The third-order valence-corrected chi connectivity index (χ3v) is 2.43. The van der Waals surface area contributed by atoms with Crippen LogP contribution in [0.15, 0.2) is 0 Å². The van der Waals surface area contributed by atoms with Gasteiger partial charge in [0.05, 0.1) is 0 Å². The Bertz CT molecular complexity index is 88.7. The van der Waals surface area contributed by atoms with Crippen LogP contribution in [0.4, 0.5) is 0 Å². The van der Waals surface area contributed by atoms with Gasteiger partial charge in [-0.1, -0.05) is 26.7 Å². The average Bonchev–Trinajstić information content (AvgIpc) is 1.88. The van der Waals surface area contributed by atoms with Gasteiger partial charge in [0, 0.05) is 6.04 Å². The first-order chi connectivity index (χ1) is 4.83. The summed E-state index contributed by atoms with van der Waals surface area (Å²) >= 11 is 0. The van der Waals surface area contributed by atoms with Gasteiger partial charge in [-0.3, -0.25) is 0 Å². The minimum atomic E-state index is 0.828. The molecule has 0 aromatic carbocycles. The Hall–Kier alpha value is -0.0400. The zero-order chi connectivity index (χ0) is 7.40. The molecule has 0 aromatic rings. The largest absolute Gasteiger partial charge is 0.314 e. The molecule has 1 aliphatic carbocycles. The first kappa shape index (κ1) is 8.06. The molecule has 10 heavy (non-hydrogen) atoms. The summed E-state index contributed by atoms with van der Waals surface area (Å²) in [5.74, 6) is 0.956. The van der Waals surface area contributed by atoms with E-state index in [1.807, 2.05) is 0 Å². The molecule has 60 valence electrons. The van der Waals surface area contributed by atoms with Gasteiger partial charge in [0.2, 0.25) is 0 Å². The van der Waals surface area contributed by atoms with Crippen LogP contribution in [0, 0.1) is 5.92 Å². The maximum absolute atomic E-state index is 3.51. The molecule has 1 N–H and O–H groups in total. The third-order valence-electron chi connectivity index (χ3n) is 2.43. The van der Waals surface area contributed by atoms with E-state index in [2.05, 4.69) is 19.2 Å². The zero-order valence-electron chi connectivity index (χ0n) is 7.19. The van der Waals surface area contributed by atoms with Gasteiger partial charge in [-0.2, -0.15) is 0 Å². The lowest BCUT2D eigenvalue weighted by Gasteiger charge is -2.26. The second-order valence-corrected chi connectivity index (χ2v) is 3.53. The lowest BCUT2D eigenvalue weighted by molar-refractivity contribution is 0.305. The predicted octanol–water partition coefficient (Wildman–Crippen LogP) is 2.17. The topological polar surface area (TPSA) is 12.0 Å². The van der Waals surface area contributed by atoms with Gasteiger partial charge in [-0.25, -0.2) is 0 Å². The Morgan fingerprint density at radius 3 is 2.80 bits per heavy atom. The summed E-state index contributed by atoms with van der Waals surface area (Å²) in [6, 6.07) is 0.828. The number of nitrogens with one attached hydrogen (secondary N) is 1. The van der Waals surface area contributed by atoms with Crippen LogP contribution in [0.3, 0.4) is 0 Å². The van der Waals surface area contributed by atoms with Gasteiger partial charge in [0.25, 0.3) is 0 Å². The minimum Gasteiger partial charge on any atom is -0.314 e.